The number of ether oxygens (including phenoxy) is 3. The highest BCUT2D eigenvalue weighted by Crippen LogP contribution is 2.49. The second kappa shape index (κ2) is 8.29. The Balaban J connectivity index is 1.78. The van der Waals surface area contributed by atoms with E-state index in [4.69, 9.17) is 28.6 Å². The summed E-state index contributed by atoms with van der Waals surface area (Å²) >= 11 is 6.30. The maximum absolute atomic E-state index is 14.4. The molecule has 2 aliphatic rings. The predicted molar refractivity (Wildman–Crippen MR) is 108 cm³/mol. The molecule has 2 saturated heterocycles. The van der Waals surface area contributed by atoms with E-state index in [2.05, 4.69) is 0 Å². The number of aliphatic hydroxyl groups excluding tert-OH is 4. The lowest BCUT2D eigenvalue weighted by Crippen LogP contribution is -2.65. The van der Waals surface area contributed by atoms with Gasteiger partial charge in [0.1, 0.15) is 23.9 Å². The zero-order valence-corrected chi connectivity index (χ0v) is 17.3. The van der Waals surface area contributed by atoms with Crippen molar-refractivity contribution in [3.05, 3.63) is 63.9 Å². The third-order valence-electron chi connectivity index (χ3n) is 5.61. The molecule has 0 radical (unpaired) electrons. The number of fused-ring (bicyclic) bond motifs is 2. The van der Waals surface area contributed by atoms with Crippen LogP contribution in [0.5, 0.6) is 5.75 Å². The van der Waals surface area contributed by atoms with Gasteiger partial charge < -0.3 is 34.6 Å². The lowest BCUT2D eigenvalue weighted by Gasteiger charge is -2.46. The van der Waals surface area contributed by atoms with Crippen molar-refractivity contribution in [1.82, 2.24) is 0 Å². The van der Waals surface area contributed by atoms with E-state index in [-0.39, 0.29) is 40.7 Å². The number of hydrogen-bond acceptors (Lipinski definition) is 7. The van der Waals surface area contributed by atoms with E-state index >= 15 is 0 Å². The Morgan fingerprint density at radius 3 is 2.68 bits per heavy atom. The maximum atomic E-state index is 14.4. The van der Waals surface area contributed by atoms with E-state index in [1.165, 1.54) is 30.3 Å². The van der Waals surface area contributed by atoms with Crippen LogP contribution in [0.4, 0.5) is 4.39 Å². The van der Waals surface area contributed by atoms with Gasteiger partial charge >= 0.3 is 0 Å². The summed E-state index contributed by atoms with van der Waals surface area (Å²) in [5, 5.41) is 41.2. The highest BCUT2D eigenvalue weighted by Gasteiger charge is 2.67. The number of halogens is 2. The summed E-state index contributed by atoms with van der Waals surface area (Å²) in [6.07, 6.45) is -7.35. The first-order valence-corrected chi connectivity index (χ1v) is 10.1. The molecule has 2 fully saturated rings. The van der Waals surface area contributed by atoms with Crippen molar-refractivity contribution in [2.45, 2.75) is 43.0 Å². The van der Waals surface area contributed by atoms with Crippen LogP contribution < -0.4 is 4.74 Å². The average molecular weight is 457 g/mol. The quantitative estimate of drug-likeness (QED) is 0.521. The molecule has 2 aromatic carbocycles. The molecule has 4 rings (SSSR count). The summed E-state index contributed by atoms with van der Waals surface area (Å²) in [4.78, 5) is 0. The molecule has 2 heterocycles. The normalized spacial score (nSPS) is 33.7. The molecule has 31 heavy (non-hydrogen) atoms. The van der Waals surface area contributed by atoms with Gasteiger partial charge in [0.25, 0.3) is 0 Å². The Morgan fingerprint density at radius 2 is 2.00 bits per heavy atom. The fraction of sp³-hybridized carbons (Fsp3) is 0.455. The molecule has 7 nitrogen and oxygen atoms in total. The molecule has 2 bridgehead atoms. The Hall–Kier alpha value is -1.78. The molecule has 2 aliphatic heterocycles. The smallest absolute Gasteiger partial charge is 0.225 e. The van der Waals surface area contributed by atoms with Gasteiger partial charge in [0, 0.05) is 13.3 Å². The molecule has 0 saturated carbocycles. The summed E-state index contributed by atoms with van der Waals surface area (Å²) in [7, 11) is 0. The van der Waals surface area contributed by atoms with Crippen molar-refractivity contribution in [2.75, 3.05) is 19.8 Å². The van der Waals surface area contributed by atoms with Crippen molar-refractivity contribution >= 4 is 11.6 Å². The number of rotatable bonds is 6. The molecule has 0 amide bonds. The van der Waals surface area contributed by atoms with Crippen LogP contribution >= 0.6 is 11.6 Å². The molecule has 0 aromatic heterocycles. The molecule has 0 aliphatic carbocycles. The van der Waals surface area contributed by atoms with Gasteiger partial charge in [-0.1, -0.05) is 23.7 Å². The van der Waals surface area contributed by atoms with Crippen LogP contribution in [-0.2, 0) is 21.6 Å². The summed E-state index contributed by atoms with van der Waals surface area (Å²) in [6.45, 7) is 0.934. The lowest BCUT2D eigenvalue weighted by atomic mass is 9.83. The maximum Gasteiger partial charge on any atom is 0.225 e. The van der Waals surface area contributed by atoms with Crippen LogP contribution in [0.25, 0.3) is 0 Å². The minimum Gasteiger partial charge on any atom is -0.491 e. The molecular formula is C22H24ClFO7. The SMILES string of the molecule is [2H]C([2H])(c1ccc(OCC)c(F)c1)c1cc([C@@]23OC[C@@](CO)(O2)[C@@H](O)[C@H](O)[C@H]3O)ccc1Cl. The van der Waals surface area contributed by atoms with Crippen LogP contribution in [0.15, 0.2) is 36.4 Å². The summed E-state index contributed by atoms with van der Waals surface area (Å²) < 4.78 is 48.4. The topological polar surface area (TPSA) is 109 Å². The fourth-order valence-corrected chi connectivity index (χ4v) is 4.08. The number of aliphatic hydroxyl groups is 4. The van der Waals surface area contributed by atoms with Crippen molar-refractivity contribution in [3.8, 4) is 5.75 Å². The van der Waals surface area contributed by atoms with Gasteiger partial charge in [0.2, 0.25) is 5.79 Å². The molecule has 5 atom stereocenters. The molecule has 2 aromatic rings. The Bertz CT molecular complexity index is 1060. The Labute approximate surface area is 186 Å². The molecule has 9 heteroatoms. The minimum absolute atomic E-state index is 0.0123. The highest BCUT2D eigenvalue weighted by atomic mass is 35.5. The highest BCUT2D eigenvalue weighted by molar-refractivity contribution is 6.31. The molecular weight excluding hydrogens is 431 g/mol. The van der Waals surface area contributed by atoms with Crippen molar-refractivity contribution in [2.24, 2.45) is 0 Å². The molecule has 168 valence electrons. The third kappa shape index (κ3) is 3.62. The van der Waals surface area contributed by atoms with E-state index in [0.29, 0.717) is 0 Å². The predicted octanol–water partition coefficient (Wildman–Crippen LogP) is 1.50. The van der Waals surface area contributed by atoms with Gasteiger partial charge in [0.05, 0.1) is 19.8 Å². The van der Waals surface area contributed by atoms with Crippen LogP contribution in [0.2, 0.25) is 5.02 Å². The van der Waals surface area contributed by atoms with Gasteiger partial charge in [-0.05, 0) is 48.7 Å². The van der Waals surface area contributed by atoms with E-state index in [9.17, 15) is 24.8 Å². The van der Waals surface area contributed by atoms with E-state index < -0.39 is 48.5 Å². The van der Waals surface area contributed by atoms with Crippen LogP contribution in [0.3, 0.4) is 0 Å². The summed E-state index contributed by atoms with van der Waals surface area (Å²) in [5.74, 6) is -2.73. The van der Waals surface area contributed by atoms with E-state index in [0.717, 1.165) is 6.07 Å². The fourth-order valence-electron chi connectivity index (χ4n) is 3.92. The zero-order valence-electron chi connectivity index (χ0n) is 18.6. The van der Waals surface area contributed by atoms with Crippen LogP contribution in [-0.4, -0.2) is 64.2 Å². The van der Waals surface area contributed by atoms with Crippen molar-refractivity contribution < 1.29 is 41.8 Å². The molecule has 0 unspecified atom stereocenters. The third-order valence-corrected chi connectivity index (χ3v) is 5.94. The Morgan fingerprint density at radius 1 is 1.23 bits per heavy atom. The van der Waals surface area contributed by atoms with Gasteiger partial charge in [0.15, 0.2) is 11.6 Å². The van der Waals surface area contributed by atoms with Gasteiger partial charge in [-0.3, -0.25) is 0 Å². The monoisotopic (exact) mass is 456 g/mol. The first kappa shape index (κ1) is 19.9. The Kier molecular flexibility index (Phi) is 5.31. The molecule has 0 spiro atoms. The summed E-state index contributed by atoms with van der Waals surface area (Å²) in [6, 6.07) is 7.79. The van der Waals surface area contributed by atoms with Gasteiger partial charge in [-0.15, -0.1) is 0 Å². The lowest BCUT2D eigenvalue weighted by molar-refractivity contribution is -0.329. The average Bonchev–Trinajstić information content (AvgIpc) is 3.18. The zero-order chi connectivity index (χ0) is 24.2. The van der Waals surface area contributed by atoms with Crippen LogP contribution in [0.1, 0.15) is 26.4 Å². The van der Waals surface area contributed by atoms with Crippen molar-refractivity contribution in [1.29, 1.82) is 0 Å². The standard InChI is InChI=1S/C22H24ClFO7/c1-2-29-17-6-3-12(8-16(17)24)7-13-9-14(4-5-15(13)23)22-20(28)18(26)19(27)21(10-25,31-22)11-30-22/h3-6,8-9,18-20,25-28H,2,7,10-11H2,1H3/t18-,19-,20+,21+,22+/m0/s1/i7D2. The van der Waals surface area contributed by atoms with Crippen LogP contribution in [0, 0.1) is 5.82 Å². The first-order valence-electron chi connectivity index (χ1n) is 10.7. The van der Waals surface area contributed by atoms with E-state index in [1.807, 2.05) is 0 Å². The second-order valence-corrected chi connectivity index (χ2v) is 7.97. The van der Waals surface area contributed by atoms with Gasteiger partial charge in [-0.25, -0.2) is 4.39 Å². The largest absolute Gasteiger partial charge is 0.491 e. The second-order valence-electron chi connectivity index (χ2n) is 7.56. The van der Waals surface area contributed by atoms with E-state index in [1.54, 1.807) is 6.92 Å². The number of hydrogen-bond donors (Lipinski definition) is 4. The summed E-state index contributed by atoms with van der Waals surface area (Å²) in [5.41, 5.74) is -1.67. The van der Waals surface area contributed by atoms with Gasteiger partial charge in [-0.2, -0.15) is 0 Å². The first-order chi connectivity index (χ1) is 15.5. The number of benzene rings is 2. The minimum atomic E-state index is -2.28. The molecule has 4 N–H and O–H groups in total. The van der Waals surface area contributed by atoms with Crippen molar-refractivity contribution in [3.63, 3.8) is 0 Å².